The largest absolute Gasteiger partial charge is 0.347 e. The summed E-state index contributed by atoms with van der Waals surface area (Å²) >= 11 is 0. The van der Waals surface area contributed by atoms with Crippen molar-refractivity contribution in [2.24, 2.45) is 0 Å². The fraction of sp³-hybridized carbons (Fsp3) is 0.556. The SMILES string of the molecule is CCn1cc(CCN2CCNCC2)c2cc(C)c(C)cc21. The van der Waals surface area contributed by atoms with Gasteiger partial charge in [-0.05, 0) is 56.0 Å². The molecule has 1 fully saturated rings. The number of nitrogens with one attached hydrogen (secondary N) is 1. The highest BCUT2D eigenvalue weighted by atomic mass is 15.2. The number of aryl methyl sites for hydroxylation is 3. The second-order valence-electron chi connectivity index (χ2n) is 6.24. The molecule has 3 heteroatoms. The van der Waals surface area contributed by atoms with Gasteiger partial charge in [0.2, 0.25) is 0 Å². The van der Waals surface area contributed by atoms with Crippen LogP contribution in [0.25, 0.3) is 10.9 Å². The van der Waals surface area contributed by atoms with Crippen molar-refractivity contribution < 1.29 is 0 Å². The van der Waals surface area contributed by atoms with Crippen LogP contribution in [0.5, 0.6) is 0 Å². The molecule has 0 atom stereocenters. The van der Waals surface area contributed by atoms with Crippen LogP contribution in [-0.4, -0.2) is 42.2 Å². The zero-order valence-electron chi connectivity index (χ0n) is 13.6. The Bertz CT molecular complexity index is 621. The minimum absolute atomic E-state index is 1.05. The Balaban J connectivity index is 1.85. The first-order valence-corrected chi connectivity index (χ1v) is 8.21. The minimum Gasteiger partial charge on any atom is -0.347 e. The lowest BCUT2D eigenvalue weighted by atomic mass is 10.0. The van der Waals surface area contributed by atoms with Crippen molar-refractivity contribution in [3.63, 3.8) is 0 Å². The van der Waals surface area contributed by atoms with E-state index in [-0.39, 0.29) is 0 Å². The molecule has 0 amide bonds. The molecule has 0 bridgehead atoms. The molecule has 2 heterocycles. The van der Waals surface area contributed by atoms with Gasteiger partial charge < -0.3 is 14.8 Å². The Morgan fingerprint density at radius 1 is 1.10 bits per heavy atom. The highest BCUT2D eigenvalue weighted by Gasteiger charge is 2.13. The lowest BCUT2D eigenvalue weighted by Crippen LogP contribution is -2.44. The molecule has 21 heavy (non-hydrogen) atoms. The van der Waals surface area contributed by atoms with Crippen molar-refractivity contribution in [3.05, 3.63) is 35.0 Å². The van der Waals surface area contributed by atoms with Crippen molar-refractivity contribution in [1.29, 1.82) is 0 Å². The van der Waals surface area contributed by atoms with E-state index in [2.05, 4.69) is 53.9 Å². The smallest absolute Gasteiger partial charge is 0.0485 e. The summed E-state index contributed by atoms with van der Waals surface area (Å²) in [6.45, 7) is 13.5. The van der Waals surface area contributed by atoms with E-state index in [0.717, 1.165) is 26.1 Å². The normalized spacial score (nSPS) is 16.7. The van der Waals surface area contributed by atoms with Crippen LogP contribution < -0.4 is 5.32 Å². The molecule has 1 N–H and O–H groups in total. The van der Waals surface area contributed by atoms with Crippen LogP contribution in [0.3, 0.4) is 0 Å². The Labute approximate surface area is 127 Å². The van der Waals surface area contributed by atoms with Gasteiger partial charge in [-0.2, -0.15) is 0 Å². The highest BCUT2D eigenvalue weighted by Crippen LogP contribution is 2.25. The van der Waals surface area contributed by atoms with E-state index < -0.39 is 0 Å². The number of rotatable bonds is 4. The first kappa shape index (κ1) is 14.6. The van der Waals surface area contributed by atoms with Crippen LogP contribution in [0.1, 0.15) is 23.6 Å². The van der Waals surface area contributed by atoms with Crippen molar-refractivity contribution in [1.82, 2.24) is 14.8 Å². The Hall–Kier alpha value is -1.32. The van der Waals surface area contributed by atoms with Crippen molar-refractivity contribution >= 4 is 10.9 Å². The molecule has 2 aromatic rings. The number of benzene rings is 1. The Kier molecular flexibility index (Phi) is 4.32. The molecule has 3 nitrogen and oxygen atoms in total. The maximum absolute atomic E-state index is 3.42. The predicted molar refractivity (Wildman–Crippen MR) is 90.1 cm³/mol. The van der Waals surface area contributed by atoms with E-state index in [9.17, 15) is 0 Å². The highest BCUT2D eigenvalue weighted by molar-refractivity contribution is 5.85. The summed E-state index contributed by atoms with van der Waals surface area (Å²) in [4.78, 5) is 2.58. The van der Waals surface area contributed by atoms with Gasteiger partial charge >= 0.3 is 0 Å². The maximum atomic E-state index is 3.42. The lowest BCUT2D eigenvalue weighted by Gasteiger charge is -2.26. The van der Waals surface area contributed by atoms with E-state index in [0.29, 0.717) is 0 Å². The van der Waals surface area contributed by atoms with E-state index in [1.807, 2.05) is 0 Å². The third kappa shape index (κ3) is 2.99. The van der Waals surface area contributed by atoms with Crippen LogP contribution in [0.15, 0.2) is 18.3 Å². The van der Waals surface area contributed by atoms with Crippen molar-refractivity contribution in [2.45, 2.75) is 33.7 Å². The summed E-state index contributed by atoms with van der Waals surface area (Å²) in [6.07, 6.45) is 3.53. The minimum atomic E-state index is 1.05. The topological polar surface area (TPSA) is 20.2 Å². The second-order valence-corrected chi connectivity index (χ2v) is 6.24. The third-order valence-corrected chi connectivity index (χ3v) is 4.83. The Morgan fingerprint density at radius 3 is 2.52 bits per heavy atom. The third-order valence-electron chi connectivity index (χ3n) is 4.83. The molecule has 0 unspecified atom stereocenters. The van der Waals surface area contributed by atoms with Crippen molar-refractivity contribution in [2.75, 3.05) is 32.7 Å². The van der Waals surface area contributed by atoms with E-state index in [4.69, 9.17) is 0 Å². The van der Waals surface area contributed by atoms with Gasteiger partial charge in [0, 0.05) is 56.4 Å². The number of hydrogen-bond acceptors (Lipinski definition) is 2. The van der Waals surface area contributed by atoms with Gasteiger partial charge in [0.05, 0.1) is 0 Å². The first-order valence-electron chi connectivity index (χ1n) is 8.21. The summed E-state index contributed by atoms with van der Waals surface area (Å²) in [5.41, 5.74) is 5.70. The molecular formula is C18H27N3. The monoisotopic (exact) mass is 285 g/mol. The van der Waals surface area contributed by atoms with Gasteiger partial charge in [0.15, 0.2) is 0 Å². The molecule has 1 aromatic carbocycles. The van der Waals surface area contributed by atoms with Crippen LogP contribution >= 0.6 is 0 Å². The molecule has 3 rings (SSSR count). The number of hydrogen-bond donors (Lipinski definition) is 1. The van der Waals surface area contributed by atoms with Crippen LogP contribution in [0.4, 0.5) is 0 Å². The first-order chi connectivity index (χ1) is 10.2. The average Bonchev–Trinajstić information content (AvgIpc) is 2.84. The molecule has 114 valence electrons. The van der Waals surface area contributed by atoms with Crippen LogP contribution in [0, 0.1) is 13.8 Å². The number of fused-ring (bicyclic) bond motifs is 1. The fourth-order valence-electron chi connectivity index (χ4n) is 3.30. The predicted octanol–water partition coefficient (Wildman–Crippen LogP) is 2.73. The summed E-state index contributed by atoms with van der Waals surface area (Å²) in [5, 5.41) is 4.88. The molecule has 0 saturated carbocycles. The van der Waals surface area contributed by atoms with E-state index >= 15 is 0 Å². The molecule has 0 aliphatic carbocycles. The average molecular weight is 285 g/mol. The molecule has 1 aliphatic rings. The quantitative estimate of drug-likeness (QED) is 0.932. The van der Waals surface area contributed by atoms with Gasteiger partial charge in [0.1, 0.15) is 0 Å². The molecule has 0 spiro atoms. The van der Waals surface area contributed by atoms with E-state index in [1.165, 1.54) is 47.2 Å². The summed E-state index contributed by atoms with van der Waals surface area (Å²) in [7, 11) is 0. The number of piperazine rings is 1. The van der Waals surface area contributed by atoms with Crippen LogP contribution in [0.2, 0.25) is 0 Å². The van der Waals surface area contributed by atoms with Gasteiger partial charge in [-0.3, -0.25) is 0 Å². The molecule has 0 radical (unpaired) electrons. The number of aromatic nitrogens is 1. The van der Waals surface area contributed by atoms with Gasteiger partial charge in [-0.15, -0.1) is 0 Å². The zero-order chi connectivity index (χ0) is 14.8. The van der Waals surface area contributed by atoms with E-state index in [1.54, 1.807) is 0 Å². The molecule has 1 aliphatic heterocycles. The van der Waals surface area contributed by atoms with Crippen LogP contribution in [-0.2, 0) is 13.0 Å². The zero-order valence-corrected chi connectivity index (χ0v) is 13.6. The standard InChI is InChI=1S/C18H27N3/c1-4-21-13-16(5-8-20-9-6-19-7-10-20)17-11-14(2)15(3)12-18(17)21/h11-13,19H,4-10H2,1-3H3. The van der Waals surface area contributed by atoms with Crippen molar-refractivity contribution in [3.8, 4) is 0 Å². The van der Waals surface area contributed by atoms with Gasteiger partial charge in [-0.1, -0.05) is 0 Å². The fourth-order valence-corrected chi connectivity index (χ4v) is 3.30. The summed E-state index contributed by atoms with van der Waals surface area (Å²) in [5.74, 6) is 0. The summed E-state index contributed by atoms with van der Waals surface area (Å²) in [6, 6.07) is 4.73. The molecule has 1 aromatic heterocycles. The van der Waals surface area contributed by atoms with Gasteiger partial charge in [-0.25, -0.2) is 0 Å². The second kappa shape index (κ2) is 6.20. The lowest BCUT2D eigenvalue weighted by molar-refractivity contribution is 0.244. The number of nitrogens with zero attached hydrogens (tertiary/aromatic N) is 2. The molecular weight excluding hydrogens is 258 g/mol. The van der Waals surface area contributed by atoms with Gasteiger partial charge in [0.25, 0.3) is 0 Å². The summed E-state index contributed by atoms with van der Waals surface area (Å²) < 4.78 is 2.40. The Morgan fingerprint density at radius 2 is 1.81 bits per heavy atom. The maximum Gasteiger partial charge on any atom is 0.0485 e. The molecule has 1 saturated heterocycles.